The Labute approximate surface area is 90.7 Å². The molecule has 0 radical (unpaired) electrons. The smallest absolute Gasteiger partial charge is 0.317 e. The van der Waals surface area contributed by atoms with Crippen molar-refractivity contribution in [1.29, 1.82) is 0 Å². The van der Waals surface area contributed by atoms with Gasteiger partial charge in [-0.3, -0.25) is 0 Å². The number of amides is 2. The van der Waals surface area contributed by atoms with Crippen molar-refractivity contribution in [3.63, 3.8) is 0 Å². The molecule has 0 spiro atoms. The quantitative estimate of drug-likeness (QED) is 0.743. The second-order valence-corrected chi connectivity index (χ2v) is 6.53. The second-order valence-electron chi connectivity index (χ2n) is 4.35. The average Bonchev–Trinajstić information content (AvgIpc) is 2.39. The van der Waals surface area contributed by atoms with Crippen LogP contribution in [0.2, 0.25) is 0 Å². The summed E-state index contributed by atoms with van der Waals surface area (Å²) < 4.78 is 22.6. The SMILES string of the molecule is CCN(C)C(=O)NC1(C)CCS(=O)(=O)C1. The Balaban J connectivity index is 2.63. The fourth-order valence-corrected chi connectivity index (χ4v) is 3.70. The van der Waals surface area contributed by atoms with Crippen LogP contribution in [0.15, 0.2) is 0 Å². The summed E-state index contributed by atoms with van der Waals surface area (Å²) in [6, 6.07) is -0.211. The highest BCUT2D eigenvalue weighted by Crippen LogP contribution is 2.22. The van der Waals surface area contributed by atoms with Crippen molar-refractivity contribution in [1.82, 2.24) is 10.2 Å². The highest BCUT2D eigenvalue weighted by Gasteiger charge is 2.39. The maximum Gasteiger partial charge on any atom is 0.317 e. The fraction of sp³-hybridized carbons (Fsp3) is 0.889. The van der Waals surface area contributed by atoms with E-state index in [0.29, 0.717) is 13.0 Å². The minimum atomic E-state index is -2.97. The van der Waals surface area contributed by atoms with E-state index in [2.05, 4.69) is 5.32 Å². The van der Waals surface area contributed by atoms with Gasteiger partial charge in [0.15, 0.2) is 9.84 Å². The normalized spacial score (nSPS) is 28.7. The highest BCUT2D eigenvalue weighted by atomic mass is 32.2. The Morgan fingerprint density at radius 3 is 2.53 bits per heavy atom. The Kier molecular flexibility index (Phi) is 3.28. The molecule has 1 unspecified atom stereocenters. The number of urea groups is 1. The molecule has 1 rings (SSSR count). The molecule has 0 bridgehead atoms. The molecule has 1 N–H and O–H groups in total. The van der Waals surface area contributed by atoms with E-state index in [0.717, 1.165) is 0 Å². The summed E-state index contributed by atoms with van der Waals surface area (Å²) in [7, 11) is -1.28. The maximum atomic E-state index is 11.6. The van der Waals surface area contributed by atoms with Crippen molar-refractivity contribution in [2.24, 2.45) is 0 Å². The van der Waals surface area contributed by atoms with Crippen LogP contribution in [0.3, 0.4) is 0 Å². The number of hydrogen-bond acceptors (Lipinski definition) is 3. The highest BCUT2D eigenvalue weighted by molar-refractivity contribution is 7.91. The van der Waals surface area contributed by atoms with Gasteiger partial charge in [-0.1, -0.05) is 0 Å². The van der Waals surface area contributed by atoms with Gasteiger partial charge in [0.25, 0.3) is 0 Å². The first-order valence-electron chi connectivity index (χ1n) is 5.02. The zero-order valence-electron chi connectivity index (χ0n) is 9.41. The van der Waals surface area contributed by atoms with E-state index in [1.54, 1.807) is 14.0 Å². The van der Waals surface area contributed by atoms with E-state index < -0.39 is 15.4 Å². The van der Waals surface area contributed by atoms with Crippen molar-refractivity contribution >= 4 is 15.9 Å². The molecule has 1 fully saturated rings. The largest absolute Gasteiger partial charge is 0.332 e. The zero-order chi connectivity index (χ0) is 11.7. The molecule has 0 aromatic heterocycles. The summed E-state index contributed by atoms with van der Waals surface area (Å²) in [5.41, 5.74) is -0.598. The summed E-state index contributed by atoms with van der Waals surface area (Å²) in [6.07, 6.45) is 0.499. The lowest BCUT2D eigenvalue weighted by atomic mass is 10.0. The van der Waals surface area contributed by atoms with Crippen molar-refractivity contribution < 1.29 is 13.2 Å². The van der Waals surface area contributed by atoms with Crippen LogP contribution >= 0.6 is 0 Å². The number of carbonyl (C=O) groups excluding carboxylic acids is 1. The van der Waals surface area contributed by atoms with Crippen LogP contribution in [0.5, 0.6) is 0 Å². The number of carbonyl (C=O) groups is 1. The minimum Gasteiger partial charge on any atom is -0.332 e. The average molecular weight is 234 g/mol. The van der Waals surface area contributed by atoms with E-state index in [4.69, 9.17) is 0 Å². The summed E-state index contributed by atoms with van der Waals surface area (Å²) >= 11 is 0. The number of nitrogens with zero attached hydrogens (tertiary/aromatic N) is 1. The van der Waals surface area contributed by atoms with E-state index in [-0.39, 0.29) is 17.5 Å². The molecule has 0 aliphatic carbocycles. The van der Waals surface area contributed by atoms with E-state index in [1.807, 2.05) is 6.92 Å². The molecule has 6 heteroatoms. The first-order valence-corrected chi connectivity index (χ1v) is 6.84. The third-order valence-electron chi connectivity index (χ3n) is 2.73. The lowest BCUT2D eigenvalue weighted by Crippen LogP contribution is -2.51. The standard InChI is InChI=1S/C9H18N2O3S/c1-4-11(3)8(12)10-9(2)5-6-15(13,14)7-9/h4-7H2,1-3H3,(H,10,12). The number of rotatable bonds is 2. The molecule has 1 aliphatic heterocycles. The monoisotopic (exact) mass is 234 g/mol. The van der Waals surface area contributed by atoms with E-state index in [9.17, 15) is 13.2 Å². The molecule has 2 amide bonds. The molecule has 1 saturated heterocycles. The van der Waals surface area contributed by atoms with Gasteiger partial charge in [0, 0.05) is 13.6 Å². The van der Waals surface area contributed by atoms with Gasteiger partial charge in [-0.25, -0.2) is 13.2 Å². The van der Waals surface area contributed by atoms with Crippen LogP contribution in [0.1, 0.15) is 20.3 Å². The lowest BCUT2D eigenvalue weighted by Gasteiger charge is -2.27. The topological polar surface area (TPSA) is 66.5 Å². The van der Waals surface area contributed by atoms with Crippen molar-refractivity contribution in [2.75, 3.05) is 25.1 Å². The summed E-state index contributed by atoms with van der Waals surface area (Å²) in [5.74, 6) is 0.211. The number of nitrogens with one attached hydrogen (secondary N) is 1. The molecule has 88 valence electrons. The lowest BCUT2D eigenvalue weighted by molar-refractivity contribution is 0.200. The third kappa shape index (κ3) is 3.09. The van der Waals surface area contributed by atoms with E-state index in [1.165, 1.54) is 4.90 Å². The Morgan fingerprint density at radius 2 is 2.13 bits per heavy atom. The minimum absolute atomic E-state index is 0.0449. The molecule has 0 aromatic rings. The zero-order valence-corrected chi connectivity index (χ0v) is 10.2. The Hall–Kier alpha value is -0.780. The fourth-order valence-electron chi connectivity index (χ4n) is 1.61. The molecule has 15 heavy (non-hydrogen) atoms. The molecule has 0 saturated carbocycles. The molecule has 0 aromatic carbocycles. The van der Waals surface area contributed by atoms with E-state index >= 15 is 0 Å². The van der Waals surface area contributed by atoms with Crippen LogP contribution in [-0.4, -0.2) is 50.0 Å². The van der Waals surface area contributed by atoms with Crippen molar-refractivity contribution in [3.8, 4) is 0 Å². The second kappa shape index (κ2) is 4.00. The van der Waals surface area contributed by atoms with Gasteiger partial charge in [0.2, 0.25) is 0 Å². The third-order valence-corrected chi connectivity index (χ3v) is 4.64. The molecule has 1 heterocycles. The molecule has 5 nitrogen and oxygen atoms in total. The van der Waals surface area contributed by atoms with Gasteiger partial charge in [0.1, 0.15) is 0 Å². The van der Waals surface area contributed by atoms with Gasteiger partial charge >= 0.3 is 6.03 Å². The van der Waals surface area contributed by atoms with Gasteiger partial charge < -0.3 is 10.2 Å². The molecular formula is C9H18N2O3S. The first kappa shape index (κ1) is 12.3. The predicted octanol–water partition coefficient (Wildman–Crippen LogP) is 0.225. The van der Waals surface area contributed by atoms with Gasteiger partial charge in [-0.05, 0) is 20.3 Å². The molecule has 1 atom stereocenters. The first-order chi connectivity index (χ1) is 6.78. The van der Waals surface area contributed by atoms with Gasteiger partial charge in [-0.15, -0.1) is 0 Å². The van der Waals surface area contributed by atoms with Crippen molar-refractivity contribution in [2.45, 2.75) is 25.8 Å². The molecular weight excluding hydrogens is 216 g/mol. The Morgan fingerprint density at radius 1 is 1.53 bits per heavy atom. The number of hydrogen-bond donors (Lipinski definition) is 1. The van der Waals surface area contributed by atoms with Crippen molar-refractivity contribution in [3.05, 3.63) is 0 Å². The summed E-state index contributed by atoms with van der Waals surface area (Å²) in [4.78, 5) is 13.1. The van der Waals surface area contributed by atoms with Crippen LogP contribution in [0, 0.1) is 0 Å². The summed E-state index contributed by atoms with van der Waals surface area (Å²) in [6.45, 7) is 4.25. The number of sulfone groups is 1. The van der Waals surface area contributed by atoms with Crippen LogP contribution in [0.4, 0.5) is 4.79 Å². The molecule has 1 aliphatic rings. The van der Waals surface area contributed by atoms with Crippen LogP contribution in [0.25, 0.3) is 0 Å². The predicted molar refractivity (Wildman–Crippen MR) is 58.5 cm³/mol. The van der Waals surface area contributed by atoms with Gasteiger partial charge in [-0.2, -0.15) is 0 Å². The van der Waals surface area contributed by atoms with Gasteiger partial charge in [0.05, 0.1) is 17.0 Å². The van der Waals surface area contributed by atoms with Crippen LogP contribution in [-0.2, 0) is 9.84 Å². The Bertz CT molecular complexity index is 352. The maximum absolute atomic E-state index is 11.6. The van der Waals surface area contributed by atoms with Crippen LogP contribution < -0.4 is 5.32 Å². The summed E-state index contributed by atoms with van der Waals surface area (Å²) in [5, 5.41) is 2.77.